The molecule has 0 N–H and O–H groups in total. The van der Waals surface area contributed by atoms with Gasteiger partial charge in [0.05, 0.1) is 25.0 Å². The van der Waals surface area contributed by atoms with Gasteiger partial charge in [0, 0.05) is 6.54 Å². The largest absolute Gasteiger partial charge is 0.444 e. The molecule has 0 radical (unpaired) electrons. The van der Waals surface area contributed by atoms with Gasteiger partial charge < -0.3 is 9.64 Å². The van der Waals surface area contributed by atoms with Crippen molar-refractivity contribution in [2.45, 2.75) is 70.2 Å². The Morgan fingerprint density at radius 2 is 1.89 bits per heavy atom. The fourth-order valence-corrected chi connectivity index (χ4v) is 3.84. The lowest BCUT2D eigenvalue weighted by atomic mass is 10.1. The van der Waals surface area contributed by atoms with E-state index in [4.69, 9.17) is 8.92 Å². The molecule has 27 heavy (non-hydrogen) atoms. The van der Waals surface area contributed by atoms with Crippen LogP contribution in [0.15, 0.2) is 0 Å². The number of hydrogen-bond donors (Lipinski definition) is 0. The average Bonchev–Trinajstić information content (AvgIpc) is 3.16. The third-order valence-electron chi connectivity index (χ3n) is 4.55. The summed E-state index contributed by atoms with van der Waals surface area (Å²) >= 11 is 0. The Balaban J connectivity index is 2.22. The smallest absolute Gasteiger partial charge is 0.411 e. The number of likely N-dealkylation sites (tertiary alicyclic amines) is 2. The summed E-state index contributed by atoms with van der Waals surface area (Å²) in [5.74, 6) is -0.299. The summed E-state index contributed by atoms with van der Waals surface area (Å²) in [4.78, 5) is 28.5. The number of ether oxygens (including phenoxy) is 1. The number of amides is 2. The molecule has 2 amide bonds. The maximum atomic E-state index is 13.0. The van der Waals surface area contributed by atoms with Crippen molar-refractivity contribution in [2.24, 2.45) is 0 Å². The first kappa shape index (κ1) is 21.4. The molecule has 2 saturated heterocycles. The highest BCUT2D eigenvalue weighted by Gasteiger charge is 2.46. The number of carbonyl (C=O) groups is 2. The molecule has 152 valence electrons. The van der Waals surface area contributed by atoms with Crippen LogP contribution in [0.2, 0.25) is 0 Å². The second-order valence-corrected chi connectivity index (χ2v) is 9.59. The molecule has 3 atom stereocenters. The highest BCUT2D eigenvalue weighted by molar-refractivity contribution is 7.85. The number of nitriles is 1. The van der Waals surface area contributed by atoms with Crippen molar-refractivity contribution in [3.63, 3.8) is 0 Å². The van der Waals surface area contributed by atoms with Gasteiger partial charge in [0.2, 0.25) is 5.91 Å². The second-order valence-electron chi connectivity index (χ2n) is 7.94. The number of hydrogen-bond acceptors (Lipinski definition) is 7. The zero-order valence-corrected chi connectivity index (χ0v) is 17.0. The molecule has 0 aromatic heterocycles. The van der Waals surface area contributed by atoms with Crippen LogP contribution in [-0.2, 0) is 23.8 Å². The van der Waals surface area contributed by atoms with Crippen LogP contribution in [-0.4, -0.2) is 73.4 Å². The van der Waals surface area contributed by atoms with Crippen LogP contribution in [0.1, 0.15) is 46.5 Å². The van der Waals surface area contributed by atoms with Gasteiger partial charge in [-0.15, -0.1) is 0 Å². The van der Waals surface area contributed by atoms with Gasteiger partial charge in [0.15, 0.2) is 0 Å². The van der Waals surface area contributed by atoms with Crippen molar-refractivity contribution in [1.29, 1.82) is 5.26 Å². The molecule has 0 bridgehead atoms. The van der Waals surface area contributed by atoms with Crippen molar-refractivity contribution >= 4 is 22.1 Å². The fourth-order valence-electron chi connectivity index (χ4n) is 3.44. The van der Waals surface area contributed by atoms with Gasteiger partial charge in [0.1, 0.15) is 17.7 Å². The van der Waals surface area contributed by atoms with Crippen molar-refractivity contribution in [1.82, 2.24) is 9.80 Å². The Bertz CT molecular complexity index is 724. The Hall–Kier alpha value is -1.86. The highest BCUT2D eigenvalue weighted by Crippen LogP contribution is 2.30. The summed E-state index contributed by atoms with van der Waals surface area (Å²) < 4.78 is 33.0. The monoisotopic (exact) mass is 401 g/mol. The van der Waals surface area contributed by atoms with E-state index >= 15 is 0 Å². The Kier molecular flexibility index (Phi) is 6.37. The maximum Gasteiger partial charge on any atom is 0.411 e. The van der Waals surface area contributed by atoms with Crippen molar-refractivity contribution in [3.05, 3.63) is 0 Å². The molecule has 2 rings (SSSR count). The topological polar surface area (TPSA) is 117 Å². The first-order chi connectivity index (χ1) is 12.4. The first-order valence-electron chi connectivity index (χ1n) is 8.99. The zero-order valence-electron chi connectivity index (χ0n) is 16.2. The third kappa shape index (κ3) is 5.56. The van der Waals surface area contributed by atoms with E-state index in [-0.39, 0.29) is 12.5 Å². The molecule has 0 aliphatic carbocycles. The van der Waals surface area contributed by atoms with Crippen LogP contribution >= 0.6 is 0 Å². The lowest BCUT2D eigenvalue weighted by Gasteiger charge is -2.33. The van der Waals surface area contributed by atoms with E-state index < -0.39 is 39.9 Å². The standard InChI is InChI=1S/C17H27N3O6S/c1-17(2,3)26-16(22)20-13(11-25-27(4,23)24)7-8-14(20)15(21)19-9-5-6-12(19)10-18/h12-14H,5-9,11H2,1-4H3/t12?,13?,14-/m0/s1. The van der Waals surface area contributed by atoms with Gasteiger partial charge in [-0.2, -0.15) is 13.7 Å². The Morgan fingerprint density at radius 3 is 2.44 bits per heavy atom. The normalized spacial score (nSPS) is 26.1. The van der Waals surface area contributed by atoms with Gasteiger partial charge in [-0.3, -0.25) is 13.9 Å². The minimum absolute atomic E-state index is 0.233. The lowest BCUT2D eigenvalue weighted by molar-refractivity contribution is -0.136. The van der Waals surface area contributed by atoms with Gasteiger partial charge in [0.25, 0.3) is 10.1 Å². The molecule has 2 fully saturated rings. The minimum atomic E-state index is -3.68. The van der Waals surface area contributed by atoms with Gasteiger partial charge in [-0.25, -0.2) is 4.79 Å². The molecule has 0 aromatic carbocycles. The van der Waals surface area contributed by atoms with E-state index in [9.17, 15) is 23.3 Å². The van der Waals surface area contributed by atoms with Crippen LogP contribution < -0.4 is 0 Å². The average molecular weight is 401 g/mol. The number of carbonyl (C=O) groups excluding carboxylic acids is 2. The van der Waals surface area contributed by atoms with E-state index in [0.717, 1.165) is 12.7 Å². The Labute approximate surface area is 160 Å². The summed E-state index contributed by atoms with van der Waals surface area (Å²) in [5.41, 5.74) is -0.766. The quantitative estimate of drug-likeness (QED) is 0.651. The fraction of sp³-hybridized carbons (Fsp3) is 0.824. The van der Waals surface area contributed by atoms with Gasteiger partial charge >= 0.3 is 6.09 Å². The van der Waals surface area contributed by atoms with Crippen molar-refractivity contribution in [3.8, 4) is 6.07 Å². The first-order valence-corrected chi connectivity index (χ1v) is 10.8. The SMILES string of the molecule is CC(C)(C)OC(=O)N1C(COS(C)(=O)=O)CC[C@H]1C(=O)N1CCCC1C#N. The molecule has 0 saturated carbocycles. The van der Waals surface area contributed by atoms with Gasteiger partial charge in [-0.05, 0) is 46.5 Å². The van der Waals surface area contributed by atoms with Gasteiger partial charge in [-0.1, -0.05) is 0 Å². The molecule has 2 unspecified atom stereocenters. The van der Waals surface area contributed by atoms with Crippen molar-refractivity contribution in [2.75, 3.05) is 19.4 Å². The Morgan fingerprint density at radius 1 is 1.22 bits per heavy atom. The summed E-state index contributed by atoms with van der Waals surface area (Å²) in [7, 11) is -3.68. The molecule has 0 aromatic rings. The lowest BCUT2D eigenvalue weighted by Crippen LogP contribution is -2.53. The van der Waals surface area contributed by atoms with Crippen LogP contribution in [0.5, 0.6) is 0 Å². The van der Waals surface area contributed by atoms with E-state index in [0.29, 0.717) is 25.8 Å². The molecule has 9 nitrogen and oxygen atoms in total. The predicted octanol–water partition coefficient (Wildman–Crippen LogP) is 1.25. The molecule has 2 aliphatic rings. The van der Waals surface area contributed by atoms with Crippen LogP contribution in [0.4, 0.5) is 4.79 Å². The van der Waals surface area contributed by atoms with E-state index in [1.165, 1.54) is 9.80 Å². The van der Waals surface area contributed by atoms with Crippen molar-refractivity contribution < 1.29 is 26.9 Å². The van der Waals surface area contributed by atoms with Crippen LogP contribution in [0, 0.1) is 11.3 Å². The molecular weight excluding hydrogens is 374 g/mol. The van der Waals surface area contributed by atoms with E-state index in [1.807, 2.05) is 0 Å². The van der Waals surface area contributed by atoms with Crippen LogP contribution in [0.3, 0.4) is 0 Å². The predicted molar refractivity (Wildman–Crippen MR) is 96.0 cm³/mol. The number of rotatable bonds is 4. The highest BCUT2D eigenvalue weighted by atomic mass is 32.2. The molecule has 2 aliphatic heterocycles. The summed E-state index contributed by atoms with van der Waals surface area (Å²) in [6.45, 7) is 5.38. The summed E-state index contributed by atoms with van der Waals surface area (Å²) in [6, 6.07) is 0.246. The molecule has 0 spiro atoms. The van der Waals surface area contributed by atoms with Crippen LogP contribution in [0.25, 0.3) is 0 Å². The number of nitrogens with zero attached hydrogens (tertiary/aromatic N) is 3. The second kappa shape index (κ2) is 8.02. The van der Waals surface area contributed by atoms with E-state index in [1.54, 1.807) is 20.8 Å². The molecule has 10 heteroatoms. The third-order valence-corrected chi connectivity index (χ3v) is 5.12. The maximum absolute atomic E-state index is 13.0. The summed E-state index contributed by atoms with van der Waals surface area (Å²) in [6.07, 6.45) is 2.38. The molecular formula is C17H27N3O6S. The minimum Gasteiger partial charge on any atom is -0.444 e. The zero-order chi connectivity index (χ0) is 20.4. The molecule has 2 heterocycles. The van der Waals surface area contributed by atoms with E-state index in [2.05, 4.69) is 6.07 Å². The summed E-state index contributed by atoms with van der Waals surface area (Å²) in [5, 5.41) is 9.25.